The zero-order valence-corrected chi connectivity index (χ0v) is 24.6. The van der Waals surface area contributed by atoms with E-state index in [0.717, 1.165) is 64.2 Å². The van der Waals surface area contributed by atoms with Gasteiger partial charge in [-0.25, -0.2) is 19.4 Å². The summed E-state index contributed by atoms with van der Waals surface area (Å²) in [6.07, 6.45) is 10.9. The maximum atomic E-state index is 11.7. The lowest BCUT2D eigenvalue weighted by atomic mass is 10.1. The number of unbranched alkanes of at least 4 members (excludes halogenated alkanes) is 9. The van der Waals surface area contributed by atoms with Crippen LogP contribution in [0.15, 0.2) is 4.99 Å². The summed E-state index contributed by atoms with van der Waals surface area (Å²) in [5.74, 6) is -0.874. The van der Waals surface area contributed by atoms with E-state index < -0.39 is 24.1 Å². The van der Waals surface area contributed by atoms with E-state index in [1.807, 2.05) is 0 Å². The monoisotopic (exact) mass is 601 g/mol. The van der Waals surface area contributed by atoms with Crippen molar-refractivity contribution in [2.24, 2.45) is 4.99 Å². The van der Waals surface area contributed by atoms with Gasteiger partial charge in [0.15, 0.2) is 0 Å². The predicted octanol–water partition coefficient (Wildman–Crippen LogP) is 3.50. The van der Waals surface area contributed by atoms with Gasteiger partial charge >= 0.3 is 24.1 Å². The van der Waals surface area contributed by atoms with Gasteiger partial charge in [-0.05, 0) is 38.5 Å². The molecule has 0 aliphatic carbocycles. The van der Waals surface area contributed by atoms with E-state index in [2.05, 4.69) is 20.4 Å². The zero-order valence-electron chi connectivity index (χ0n) is 24.6. The van der Waals surface area contributed by atoms with Crippen LogP contribution in [0.25, 0.3) is 0 Å². The molecule has 0 radical (unpaired) electrons. The number of esters is 2. The van der Waals surface area contributed by atoms with E-state index in [0.29, 0.717) is 39.1 Å². The second kappa shape index (κ2) is 30.3. The molecule has 0 aromatic carbocycles. The molecule has 0 aliphatic heterocycles. The standard InChI is InChI=1S/C28H47N3O11/c32-23-29-15-9-3-2-6-12-18-41-27(36)30-16-10-4-1-5-11-17-31-28(37)42-22-21-40-26(35)14-8-7-13-25(34)39-20-19-38-24-33/h24H,1-22H2,(H,30,36)(H,31,37). The number of nitrogens with zero attached hydrogens (tertiary/aromatic N) is 1. The number of hydrogen-bond acceptors (Lipinski definition) is 12. The van der Waals surface area contributed by atoms with Gasteiger partial charge in [0, 0.05) is 25.9 Å². The fraction of sp³-hybridized carbons (Fsp3) is 0.786. The van der Waals surface area contributed by atoms with Crippen molar-refractivity contribution in [3.8, 4) is 0 Å². The van der Waals surface area contributed by atoms with E-state index in [-0.39, 0.29) is 45.7 Å². The van der Waals surface area contributed by atoms with Crippen molar-refractivity contribution in [3.63, 3.8) is 0 Å². The number of rotatable bonds is 28. The molecule has 0 saturated heterocycles. The van der Waals surface area contributed by atoms with Gasteiger partial charge in [-0.1, -0.05) is 38.5 Å². The van der Waals surface area contributed by atoms with Gasteiger partial charge in [0.05, 0.1) is 13.2 Å². The number of aliphatic imine (C=N–C) groups is 1. The van der Waals surface area contributed by atoms with Crippen molar-refractivity contribution < 1.29 is 52.5 Å². The van der Waals surface area contributed by atoms with E-state index in [1.165, 1.54) is 6.08 Å². The molecule has 0 rings (SSSR count). The average molecular weight is 602 g/mol. The van der Waals surface area contributed by atoms with Crippen LogP contribution in [0, 0.1) is 0 Å². The molecule has 2 amide bonds. The molecule has 0 fully saturated rings. The van der Waals surface area contributed by atoms with Crippen LogP contribution >= 0.6 is 0 Å². The molecule has 0 unspecified atom stereocenters. The number of carbonyl (C=O) groups is 5. The Kier molecular flexibility index (Phi) is 27.6. The van der Waals surface area contributed by atoms with Crippen molar-refractivity contribution >= 4 is 36.7 Å². The molecule has 0 aromatic heterocycles. The molecule has 14 heteroatoms. The lowest BCUT2D eigenvalue weighted by molar-refractivity contribution is -0.148. The summed E-state index contributed by atoms with van der Waals surface area (Å²) in [4.78, 5) is 69.8. The quantitative estimate of drug-likeness (QED) is 0.0334. The molecular formula is C28H47N3O11. The number of alkyl carbamates (subject to hydrolysis) is 2. The molecular weight excluding hydrogens is 554 g/mol. The Labute approximate surface area is 247 Å². The highest BCUT2D eigenvalue weighted by atomic mass is 16.6. The normalized spacial score (nSPS) is 10.1. The van der Waals surface area contributed by atoms with Gasteiger partial charge in [-0.3, -0.25) is 14.4 Å². The molecule has 0 bridgehead atoms. The summed E-state index contributed by atoms with van der Waals surface area (Å²) in [5.41, 5.74) is 0. The lowest BCUT2D eigenvalue weighted by Gasteiger charge is -2.08. The average Bonchev–Trinajstić information content (AvgIpc) is 2.98. The number of hydrogen-bond donors (Lipinski definition) is 2. The van der Waals surface area contributed by atoms with Gasteiger partial charge < -0.3 is 34.3 Å². The third-order valence-corrected chi connectivity index (χ3v) is 5.73. The number of isocyanates is 1. The summed E-state index contributed by atoms with van der Waals surface area (Å²) in [7, 11) is 0. The van der Waals surface area contributed by atoms with E-state index in [4.69, 9.17) is 18.9 Å². The zero-order chi connectivity index (χ0) is 30.9. The Morgan fingerprint density at radius 3 is 1.62 bits per heavy atom. The summed E-state index contributed by atoms with van der Waals surface area (Å²) < 4.78 is 24.3. The van der Waals surface area contributed by atoms with Crippen LogP contribution in [0.2, 0.25) is 0 Å². The van der Waals surface area contributed by atoms with E-state index >= 15 is 0 Å². The summed E-state index contributed by atoms with van der Waals surface area (Å²) >= 11 is 0. The minimum atomic E-state index is -0.574. The Morgan fingerprint density at radius 1 is 0.571 bits per heavy atom. The maximum absolute atomic E-state index is 11.7. The number of nitrogens with one attached hydrogen (secondary N) is 2. The van der Waals surface area contributed by atoms with Gasteiger partial charge in [0.2, 0.25) is 6.08 Å². The summed E-state index contributed by atoms with van der Waals surface area (Å²) in [5, 5.41) is 5.38. The molecule has 2 N–H and O–H groups in total. The fourth-order valence-corrected chi connectivity index (χ4v) is 3.52. The molecule has 0 spiro atoms. The first-order valence-electron chi connectivity index (χ1n) is 14.7. The van der Waals surface area contributed by atoms with Crippen LogP contribution in [-0.4, -0.2) is 89.3 Å². The molecule has 0 aromatic rings. The Morgan fingerprint density at radius 2 is 1.05 bits per heavy atom. The van der Waals surface area contributed by atoms with Crippen LogP contribution < -0.4 is 10.6 Å². The first-order chi connectivity index (χ1) is 20.5. The highest BCUT2D eigenvalue weighted by Crippen LogP contribution is 2.05. The first-order valence-corrected chi connectivity index (χ1v) is 14.7. The number of amides is 2. The first kappa shape index (κ1) is 38.3. The van der Waals surface area contributed by atoms with Crippen LogP contribution in [0.1, 0.15) is 89.9 Å². The van der Waals surface area contributed by atoms with Gasteiger partial charge in [-0.15, -0.1) is 0 Å². The van der Waals surface area contributed by atoms with Crippen molar-refractivity contribution in [2.75, 3.05) is 52.7 Å². The van der Waals surface area contributed by atoms with E-state index in [1.54, 1.807) is 0 Å². The predicted molar refractivity (Wildman–Crippen MR) is 150 cm³/mol. The molecule has 240 valence electrons. The number of ether oxygens (including phenoxy) is 5. The Balaban J connectivity index is 3.41. The van der Waals surface area contributed by atoms with Crippen LogP contribution in [-0.2, 0) is 42.9 Å². The van der Waals surface area contributed by atoms with Crippen molar-refractivity contribution in [1.29, 1.82) is 0 Å². The fourth-order valence-electron chi connectivity index (χ4n) is 3.52. The molecule has 0 heterocycles. The van der Waals surface area contributed by atoms with Gasteiger partial charge in [-0.2, -0.15) is 0 Å². The van der Waals surface area contributed by atoms with Gasteiger partial charge in [0.25, 0.3) is 6.47 Å². The highest BCUT2D eigenvalue weighted by Gasteiger charge is 2.07. The van der Waals surface area contributed by atoms with Crippen molar-refractivity contribution in [3.05, 3.63) is 0 Å². The summed E-state index contributed by atoms with van der Waals surface area (Å²) in [6, 6.07) is 0. The van der Waals surface area contributed by atoms with Crippen molar-refractivity contribution in [2.45, 2.75) is 89.9 Å². The van der Waals surface area contributed by atoms with E-state index in [9.17, 15) is 28.8 Å². The third kappa shape index (κ3) is 29.3. The topological polar surface area (TPSA) is 185 Å². The molecule has 0 atom stereocenters. The molecule has 42 heavy (non-hydrogen) atoms. The lowest BCUT2D eigenvalue weighted by Crippen LogP contribution is -2.27. The molecule has 0 saturated carbocycles. The SMILES string of the molecule is O=C=NCCCCCCCOC(=O)NCCCCCCCNC(=O)OCCOC(=O)CCCCC(=O)OCCOC=O. The van der Waals surface area contributed by atoms with Crippen LogP contribution in [0.3, 0.4) is 0 Å². The minimum absolute atomic E-state index is 0.00152. The molecule has 0 aliphatic rings. The van der Waals surface area contributed by atoms with Crippen LogP contribution in [0.4, 0.5) is 9.59 Å². The molecule has 14 nitrogen and oxygen atoms in total. The second-order valence-electron chi connectivity index (χ2n) is 9.25. The second-order valence-corrected chi connectivity index (χ2v) is 9.25. The largest absolute Gasteiger partial charge is 0.464 e. The third-order valence-electron chi connectivity index (χ3n) is 5.73. The highest BCUT2D eigenvalue weighted by molar-refractivity contribution is 5.70. The van der Waals surface area contributed by atoms with Gasteiger partial charge in [0.1, 0.15) is 26.4 Å². The smallest absolute Gasteiger partial charge is 0.407 e. The minimum Gasteiger partial charge on any atom is -0.464 e. The van der Waals surface area contributed by atoms with Crippen LogP contribution in [0.5, 0.6) is 0 Å². The Hall–Kier alpha value is -3.67. The Bertz CT molecular complexity index is 789. The summed E-state index contributed by atoms with van der Waals surface area (Å²) in [6.45, 7) is 2.12. The maximum Gasteiger partial charge on any atom is 0.407 e. The number of carbonyl (C=O) groups excluding carboxylic acids is 6. The van der Waals surface area contributed by atoms with Crippen molar-refractivity contribution in [1.82, 2.24) is 10.6 Å².